The van der Waals surface area contributed by atoms with E-state index in [1.54, 1.807) is 0 Å². The molecular weight excluding hydrogens is 853 g/mol. The summed E-state index contributed by atoms with van der Waals surface area (Å²) in [5.41, 5.74) is 16.4. The number of hydrogen-bond donors (Lipinski definition) is 0. The smallest absolute Gasteiger partial charge is 0.164 e. The minimum Gasteiger partial charge on any atom is -0.208 e. The van der Waals surface area contributed by atoms with Gasteiger partial charge in [-0.2, -0.15) is 0 Å². The molecule has 0 radical (unpaired) electrons. The van der Waals surface area contributed by atoms with E-state index in [4.69, 9.17) is 29.9 Å². The molecule has 0 aliphatic heterocycles. The Hall–Kier alpha value is -8.22. The molecule has 1 spiro atoms. The van der Waals surface area contributed by atoms with Crippen LogP contribution in [0.1, 0.15) is 43.2 Å². The van der Waals surface area contributed by atoms with Crippen molar-refractivity contribution in [2.75, 3.05) is 0 Å². The van der Waals surface area contributed by atoms with E-state index in [0.29, 0.717) is 46.8 Å². The highest BCUT2D eigenvalue weighted by Gasteiger charge is 2.61. The van der Waals surface area contributed by atoms with Crippen molar-refractivity contribution in [3.05, 3.63) is 217 Å². The van der Waals surface area contributed by atoms with Crippen LogP contribution in [0.25, 0.3) is 102 Å². The van der Waals surface area contributed by atoms with Crippen molar-refractivity contribution >= 4 is 0 Å². The first-order valence-electron chi connectivity index (χ1n) is 24.9. The van der Waals surface area contributed by atoms with Crippen LogP contribution in [0.4, 0.5) is 0 Å². The summed E-state index contributed by atoms with van der Waals surface area (Å²) in [5, 5.41) is 0. The zero-order valence-corrected chi connectivity index (χ0v) is 38.7. The maximum absolute atomic E-state index is 5.13. The van der Waals surface area contributed by atoms with E-state index in [2.05, 4.69) is 133 Å². The van der Waals surface area contributed by atoms with Gasteiger partial charge in [0.2, 0.25) is 0 Å². The zero-order valence-electron chi connectivity index (χ0n) is 38.7. The molecule has 2 heterocycles. The Morgan fingerprint density at radius 1 is 0.271 bits per heavy atom. The van der Waals surface area contributed by atoms with Gasteiger partial charge in [-0.1, -0.05) is 194 Å². The van der Waals surface area contributed by atoms with Crippen LogP contribution in [0.15, 0.2) is 206 Å². The predicted octanol–water partition coefficient (Wildman–Crippen LogP) is 15.1. The van der Waals surface area contributed by atoms with Crippen molar-refractivity contribution in [1.29, 1.82) is 0 Å². The van der Waals surface area contributed by atoms with Crippen molar-refractivity contribution in [3.8, 4) is 102 Å². The van der Waals surface area contributed by atoms with Crippen molar-refractivity contribution in [2.45, 2.75) is 37.5 Å². The van der Waals surface area contributed by atoms with Crippen LogP contribution in [-0.4, -0.2) is 29.9 Å². The second-order valence-corrected chi connectivity index (χ2v) is 19.9. The van der Waals surface area contributed by atoms with E-state index in [1.807, 2.05) is 72.8 Å². The molecule has 0 atom stereocenters. The lowest BCUT2D eigenvalue weighted by Crippen LogP contribution is -2.55. The molecule has 5 aliphatic carbocycles. The van der Waals surface area contributed by atoms with Crippen LogP contribution in [0.2, 0.25) is 0 Å². The zero-order chi connectivity index (χ0) is 46.2. The highest BCUT2D eigenvalue weighted by atomic mass is 15.0. The van der Waals surface area contributed by atoms with E-state index in [9.17, 15) is 0 Å². The third kappa shape index (κ3) is 6.76. The van der Waals surface area contributed by atoms with Gasteiger partial charge >= 0.3 is 0 Å². The molecule has 6 nitrogen and oxygen atoms in total. The number of benzene rings is 8. The van der Waals surface area contributed by atoms with Crippen LogP contribution in [0.5, 0.6) is 0 Å². The molecule has 5 aliphatic rings. The minimum atomic E-state index is 0.0169. The summed E-state index contributed by atoms with van der Waals surface area (Å²) in [7, 11) is 0. The Balaban J connectivity index is 0.888. The number of fused-ring (bicyclic) bond motifs is 3. The fourth-order valence-corrected chi connectivity index (χ4v) is 13.2. The van der Waals surface area contributed by atoms with Gasteiger partial charge in [0, 0.05) is 38.8 Å². The highest BCUT2D eigenvalue weighted by molar-refractivity contribution is 5.95. The van der Waals surface area contributed by atoms with E-state index in [0.717, 1.165) is 50.8 Å². The van der Waals surface area contributed by atoms with Crippen molar-refractivity contribution < 1.29 is 0 Å². The largest absolute Gasteiger partial charge is 0.208 e. The quantitative estimate of drug-likeness (QED) is 0.151. The summed E-state index contributed by atoms with van der Waals surface area (Å²) in [6.45, 7) is 0. The van der Waals surface area contributed by atoms with Crippen molar-refractivity contribution in [3.63, 3.8) is 0 Å². The van der Waals surface area contributed by atoms with E-state index in [-0.39, 0.29) is 5.41 Å². The molecule has 15 rings (SSSR count). The molecule has 6 heteroatoms. The Kier molecular flexibility index (Phi) is 9.61. The summed E-state index contributed by atoms with van der Waals surface area (Å²) in [6.07, 6.45) is 6.74. The molecule has 4 fully saturated rings. The second kappa shape index (κ2) is 16.5. The van der Waals surface area contributed by atoms with Gasteiger partial charge in [-0.05, 0) is 112 Å². The Morgan fingerprint density at radius 2 is 0.657 bits per heavy atom. The summed E-state index contributed by atoms with van der Waals surface area (Å²) in [5.74, 6) is 6.98. The average molecular weight is 901 g/mol. The fourth-order valence-electron chi connectivity index (χ4n) is 13.2. The van der Waals surface area contributed by atoms with Gasteiger partial charge in [0.05, 0.1) is 0 Å². The first-order valence-corrected chi connectivity index (χ1v) is 24.9. The van der Waals surface area contributed by atoms with Gasteiger partial charge in [0.25, 0.3) is 0 Å². The molecular formula is C64H48N6. The van der Waals surface area contributed by atoms with Crippen LogP contribution in [0, 0.1) is 23.7 Å². The molecule has 10 aromatic rings. The number of nitrogens with zero attached hydrogens (tertiary/aromatic N) is 6. The van der Waals surface area contributed by atoms with Gasteiger partial charge in [0.1, 0.15) is 0 Å². The molecule has 0 saturated heterocycles. The topological polar surface area (TPSA) is 77.3 Å². The van der Waals surface area contributed by atoms with Gasteiger partial charge in [-0.15, -0.1) is 0 Å². The van der Waals surface area contributed by atoms with Crippen LogP contribution < -0.4 is 0 Å². The lowest BCUT2D eigenvalue weighted by Gasteiger charge is -2.61. The summed E-state index contributed by atoms with van der Waals surface area (Å²) in [4.78, 5) is 30.2. The van der Waals surface area contributed by atoms with Crippen LogP contribution >= 0.6 is 0 Å². The minimum absolute atomic E-state index is 0.0169. The maximum atomic E-state index is 5.13. The molecule has 0 unspecified atom stereocenters. The lowest BCUT2D eigenvalue weighted by molar-refractivity contribution is -0.0399. The van der Waals surface area contributed by atoms with Gasteiger partial charge < -0.3 is 0 Å². The number of aromatic nitrogens is 6. The summed E-state index contributed by atoms with van der Waals surface area (Å²) < 4.78 is 0. The fraction of sp³-hybridized carbons (Fsp3) is 0.156. The number of hydrogen-bond acceptors (Lipinski definition) is 6. The molecule has 8 aromatic carbocycles. The summed E-state index contributed by atoms with van der Waals surface area (Å²) in [6, 6.07) is 73.1. The number of rotatable bonds is 8. The van der Waals surface area contributed by atoms with Crippen molar-refractivity contribution in [2.24, 2.45) is 23.7 Å². The van der Waals surface area contributed by atoms with E-state index < -0.39 is 0 Å². The Morgan fingerprint density at radius 3 is 1.14 bits per heavy atom. The van der Waals surface area contributed by atoms with Crippen LogP contribution in [-0.2, 0) is 5.41 Å². The monoisotopic (exact) mass is 900 g/mol. The first-order chi connectivity index (χ1) is 34.6. The first kappa shape index (κ1) is 40.8. The standard InChI is InChI=1S/C64H48N6/c1-5-15-43(16-6-1)58-65-59(44-17-7-2-8-18-44)68-62(67-58)47-29-27-42(28-30-47)48-31-32-55-54(39-48)57-53(25-14-26-56(57)64(55)51-34-40-33-41(36-51)37-52(64)35-40)49-23-13-24-50(38-49)63-69-60(45-19-9-3-10-20-45)66-61(70-63)46-21-11-4-12-22-46/h1-32,38-41,51-52H,33-37H2. The van der Waals surface area contributed by atoms with Crippen molar-refractivity contribution in [1.82, 2.24) is 29.9 Å². The molecule has 4 bridgehead atoms. The summed E-state index contributed by atoms with van der Waals surface area (Å²) >= 11 is 0. The van der Waals surface area contributed by atoms with Gasteiger partial charge in [0.15, 0.2) is 34.9 Å². The van der Waals surface area contributed by atoms with E-state index >= 15 is 0 Å². The molecule has 2 aromatic heterocycles. The third-order valence-electron chi connectivity index (χ3n) is 16.0. The second-order valence-electron chi connectivity index (χ2n) is 19.9. The van der Waals surface area contributed by atoms with Gasteiger partial charge in [-0.3, -0.25) is 0 Å². The normalized spacial score (nSPS) is 20.3. The maximum Gasteiger partial charge on any atom is 0.164 e. The predicted molar refractivity (Wildman–Crippen MR) is 280 cm³/mol. The average Bonchev–Trinajstić information content (AvgIpc) is 3.73. The molecule has 334 valence electrons. The molecule has 0 N–H and O–H groups in total. The van der Waals surface area contributed by atoms with Gasteiger partial charge in [-0.25, -0.2) is 29.9 Å². The molecule has 0 amide bonds. The molecule has 4 saturated carbocycles. The Bertz CT molecular complexity index is 3450. The van der Waals surface area contributed by atoms with Crippen LogP contribution in [0.3, 0.4) is 0 Å². The third-order valence-corrected chi connectivity index (χ3v) is 16.0. The van der Waals surface area contributed by atoms with E-state index in [1.165, 1.54) is 71.0 Å². The molecule has 70 heavy (non-hydrogen) atoms. The lowest BCUT2D eigenvalue weighted by atomic mass is 9.43. The SMILES string of the molecule is c1ccc(-c2nc(-c3ccccc3)nc(-c3ccc(-c4ccc5c(c4)-c4c(-c6cccc(-c7nc(-c8ccccc8)nc(-c8ccccc8)n7)c6)cccc4C54C5CC6CC(C5)CC4C6)cc3)n2)cc1. The Labute approximate surface area is 408 Å². The highest BCUT2D eigenvalue weighted by Crippen LogP contribution is 2.70.